The lowest BCUT2D eigenvalue weighted by Gasteiger charge is -2.14. The lowest BCUT2D eigenvalue weighted by Crippen LogP contribution is -2.23. The summed E-state index contributed by atoms with van der Waals surface area (Å²) >= 11 is 7.41. The van der Waals surface area contributed by atoms with Gasteiger partial charge >= 0.3 is 0 Å². The summed E-state index contributed by atoms with van der Waals surface area (Å²) in [6.07, 6.45) is 0. The van der Waals surface area contributed by atoms with Crippen LogP contribution in [0.4, 0.5) is 5.69 Å². The van der Waals surface area contributed by atoms with E-state index in [0.717, 1.165) is 5.56 Å². The van der Waals surface area contributed by atoms with E-state index in [9.17, 15) is 9.59 Å². The number of aryl methyl sites for hydroxylation is 1. The van der Waals surface area contributed by atoms with E-state index in [1.807, 2.05) is 26.0 Å². The number of ether oxygens (including phenoxy) is 1. The number of fused-ring (bicyclic) bond motifs is 1. The molecule has 0 unspecified atom stereocenters. The molecule has 0 aliphatic carbocycles. The second-order valence-electron chi connectivity index (χ2n) is 7.30. The van der Waals surface area contributed by atoms with E-state index >= 15 is 0 Å². The van der Waals surface area contributed by atoms with Gasteiger partial charge in [0, 0.05) is 0 Å². The van der Waals surface area contributed by atoms with Crippen LogP contribution in [0.1, 0.15) is 12.5 Å². The molecule has 0 bridgehead atoms. The predicted octanol–water partition coefficient (Wildman–Crippen LogP) is 5.48. The molecular weight excluding hydrogens is 458 g/mol. The van der Waals surface area contributed by atoms with Crippen LogP contribution in [-0.2, 0) is 4.79 Å². The van der Waals surface area contributed by atoms with Gasteiger partial charge in [0.25, 0.3) is 5.56 Å². The fraction of sp³-hybridized carbons (Fsp3) is 0.160. The number of para-hydroxylation sites is 1. The van der Waals surface area contributed by atoms with Gasteiger partial charge < -0.3 is 10.1 Å². The minimum absolute atomic E-state index is 0.0615. The Bertz CT molecular complexity index is 1370. The number of carbonyl (C=O) groups is 1. The number of nitrogens with one attached hydrogen (secondary N) is 1. The van der Waals surface area contributed by atoms with Crippen molar-refractivity contribution in [1.82, 2.24) is 9.55 Å². The van der Waals surface area contributed by atoms with Crippen LogP contribution < -0.4 is 15.6 Å². The Morgan fingerprint density at radius 1 is 1.12 bits per heavy atom. The summed E-state index contributed by atoms with van der Waals surface area (Å²) in [5.41, 5.74) is 2.57. The molecule has 3 aromatic carbocycles. The summed E-state index contributed by atoms with van der Waals surface area (Å²) in [6, 6.07) is 19.8. The topological polar surface area (TPSA) is 73.2 Å². The molecule has 168 valence electrons. The van der Waals surface area contributed by atoms with Crippen LogP contribution in [0.2, 0.25) is 5.02 Å². The molecule has 0 saturated carbocycles. The van der Waals surface area contributed by atoms with Gasteiger partial charge in [0.1, 0.15) is 5.75 Å². The fourth-order valence-corrected chi connectivity index (χ4v) is 4.43. The van der Waals surface area contributed by atoms with E-state index in [1.54, 1.807) is 54.6 Å². The smallest absolute Gasteiger partial charge is 0.266 e. The number of benzene rings is 3. The Kier molecular flexibility index (Phi) is 7.01. The maximum Gasteiger partial charge on any atom is 0.266 e. The molecule has 8 heteroatoms. The quantitative estimate of drug-likeness (QED) is 0.281. The largest absolute Gasteiger partial charge is 0.494 e. The molecule has 0 radical (unpaired) electrons. The van der Waals surface area contributed by atoms with Gasteiger partial charge in [-0.05, 0) is 67.9 Å². The lowest BCUT2D eigenvalue weighted by atomic mass is 10.2. The fourth-order valence-electron chi connectivity index (χ4n) is 3.33. The third-order valence-corrected chi connectivity index (χ3v) is 6.13. The second kappa shape index (κ2) is 10.1. The maximum absolute atomic E-state index is 13.3. The van der Waals surface area contributed by atoms with Crippen molar-refractivity contribution < 1.29 is 9.53 Å². The summed E-state index contributed by atoms with van der Waals surface area (Å²) in [4.78, 5) is 30.6. The predicted molar refractivity (Wildman–Crippen MR) is 134 cm³/mol. The minimum Gasteiger partial charge on any atom is -0.494 e. The number of thioether (sulfide) groups is 1. The Morgan fingerprint density at radius 3 is 2.61 bits per heavy atom. The molecule has 4 aromatic rings. The van der Waals surface area contributed by atoms with Gasteiger partial charge in [-0.1, -0.05) is 41.6 Å². The SMILES string of the molecule is CCOc1ccc(-n2c(SCC(=O)Nc3ccc(C)cc3Cl)nc3ccccc3c2=O)cc1. The molecule has 0 atom stereocenters. The summed E-state index contributed by atoms with van der Waals surface area (Å²) in [7, 11) is 0. The Hall–Kier alpha value is -3.29. The van der Waals surface area contributed by atoms with Gasteiger partial charge in [0.05, 0.1) is 39.7 Å². The molecule has 0 aliphatic heterocycles. The number of nitrogens with zero attached hydrogens (tertiary/aromatic N) is 2. The number of carbonyl (C=O) groups excluding carboxylic acids is 1. The highest BCUT2D eigenvalue weighted by molar-refractivity contribution is 7.99. The summed E-state index contributed by atoms with van der Waals surface area (Å²) in [5.74, 6) is 0.532. The average Bonchev–Trinajstić information content (AvgIpc) is 2.81. The van der Waals surface area contributed by atoms with E-state index in [1.165, 1.54) is 16.3 Å². The van der Waals surface area contributed by atoms with Gasteiger partial charge in [-0.25, -0.2) is 4.98 Å². The Labute approximate surface area is 200 Å². The maximum atomic E-state index is 13.3. The van der Waals surface area contributed by atoms with Gasteiger partial charge in [0.15, 0.2) is 5.16 Å². The van der Waals surface area contributed by atoms with Crippen LogP contribution in [0.25, 0.3) is 16.6 Å². The average molecular weight is 480 g/mol. The molecule has 1 amide bonds. The molecule has 1 aromatic heterocycles. The number of rotatable bonds is 7. The second-order valence-corrected chi connectivity index (χ2v) is 8.65. The van der Waals surface area contributed by atoms with E-state index in [4.69, 9.17) is 16.3 Å². The van der Waals surface area contributed by atoms with E-state index in [0.29, 0.717) is 44.8 Å². The molecule has 4 rings (SSSR count). The minimum atomic E-state index is -0.244. The van der Waals surface area contributed by atoms with Crippen molar-refractivity contribution in [3.63, 3.8) is 0 Å². The third-order valence-electron chi connectivity index (χ3n) is 4.88. The summed E-state index contributed by atoms with van der Waals surface area (Å²) in [5, 5.41) is 4.22. The summed E-state index contributed by atoms with van der Waals surface area (Å²) in [6.45, 7) is 4.40. The van der Waals surface area contributed by atoms with Crippen LogP contribution >= 0.6 is 23.4 Å². The van der Waals surface area contributed by atoms with Crippen molar-refractivity contribution in [3.8, 4) is 11.4 Å². The first-order valence-electron chi connectivity index (χ1n) is 10.4. The lowest BCUT2D eigenvalue weighted by molar-refractivity contribution is -0.113. The Balaban J connectivity index is 1.65. The van der Waals surface area contributed by atoms with Crippen molar-refractivity contribution in [3.05, 3.63) is 87.7 Å². The molecule has 6 nitrogen and oxygen atoms in total. The van der Waals surface area contributed by atoms with Crippen LogP contribution in [0.5, 0.6) is 5.75 Å². The first-order chi connectivity index (χ1) is 16.0. The van der Waals surface area contributed by atoms with Crippen molar-refractivity contribution in [2.75, 3.05) is 17.7 Å². The first kappa shape index (κ1) is 22.9. The number of anilines is 1. The van der Waals surface area contributed by atoms with Crippen LogP contribution in [-0.4, -0.2) is 27.8 Å². The van der Waals surface area contributed by atoms with Crippen LogP contribution in [0, 0.1) is 6.92 Å². The zero-order valence-corrected chi connectivity index (χ0v) is 19.7. The van der Waals surface area contributed by atoms with Crippen molar-refractivity contribution in [1.29, 1.82) is 0 Å². The van der Waals surface area contributed by atoms with Gasteiger partial charge in [-0.3, -0.25) is 14.2 Å². The number of hydrogen-bond donors (Lipinski definition) is 1. The molecule has 1 heterocycles. The normalized spacial score (nSPS) is 10.9. The number of amides is 1. The molecule has 0 saturated heterocycles. The molecule has 0 fully saturated rings. The molecular formula is C25H22ClN3O3S. The van der Waals surface area contributed by atoms with E-state index < -0.39 is 0 Å². The number of hydrogen-bond acceptors (Lipinski definition) is 5. The van der Waals surface area contributed by atoms with Crippen LogP contribution in [0.15, 0.2) is 76.7 Å². The van der Waals surface area contributed by atoms with Crippen molar-refractivity contribution >= 4 is 45.9 Å². The van der Waals surface area contributed by atoms with E-state index in [-0.39, 0.29) is 17.2 Å². The van der Waals surface area contributed by atoms with Gasteiger partial charge in [-0.2, -0.15) is 0 Å². The Morgan fingerprint density at radius 2 is 1.88 bits per heavy atom. The standard InChI is InChI=1S/C25H22ClN3O3S/c1-3-32-18-11-9-17(10-12-18)29-24(31)19-6-4-5-7-21(19)28-25(29)33-15-23(30)27-22-13-8-16(2)14-20(22)26/h4-14H,3,15H2,1-2H3,(H,27,30). The van der Waals surface area contributed by atoms with Gasteiger partial charge in [0.2, 0.25) is 5.91 Å². The van der Waals surface area contributed by atoms with Crippen molar-refractivity contribution in [2.45, 2.75) is 19.0 Å². The molecule has 0 aliphatic rings. The highest BCUT2D eigenvalue weighted by Gasteiger charge is 2.15. The highest BCUT2D eigenvalue weighted by atomic mass is 35.5. The van der Waals surface area contributed by atoms with E-state index in [2.05, 4.69) is 10.3 Å². The zero-order valence-electron chi connectivity index (χ0n) is 18.2. The highest BCUT2D eigenvalue weighted by Crippen LogP contribution is 2.25. The zero-order chi connectivity index (χ0) is 23.4. The molecule has 33 heavy (non-hydrogen) atoms. The van der Waals surface area contributed by atoms with Crippen molar-refractivity contribution in [2.24, 2.45) is 0 Å². The number of aromatic nitrogens is 2. The van der Waals surface area contributed by atoms with Gasteiger partial charge in [-0.15, -0.1) is 0 Å². The molecule has 0 spiro atoms. The van der Waals surface area contributed by atoms with Crippen LogP contribution in [0.3, 0.4) is 0 Å². The summed E-state index contributed by atoms with van der Waals surface area (Å²) < 4.78 is 7.03. The third kappa shape index (κ3) is 5.21. The monoisotopic (exact) mass is 479 g/mol. The first-order valence-corrected chi connectivity index (χ1v) is 11.8. The number of halogens is 1. The molecule has 1 N–H and O–H groups in total.